The van der Waals surface area contributed by atoms with Gasteiger partial charge in [0.25, 0.3) is 5.91 Å². The Morgan fingerprint density at radius 1 is 1.53 bits per heavy atom. The van der Waals surface area contributed by atoms with Crippen LogP contribution in [0.25, 0.3) is 5.65 Å². The van der Waals surface area contributed by atoms with Crippen LogP contribution in [0.2, 0.25) is 0 Å². The molecule has 0 aliphatic heterocycles. The molecule has 0 bridgehead atoms. The maximum atomic E-state index is 13.2. The van der Waals surface area contributed by atoms with E-state index in [-0.39, 0.29) is 17.3 Å². The number of nitrogens with zero attached hydrogens (tertiary/aromatic N) is 4. The number of hydrogen-bond acceptors (Lipinski definition) is 7. The van der Waals surface area contributed by atoms with Crippen molar-refractivity contribution < 1.29 is 13.9 Å². The molecule has 0 unspecified atom stereocenters. The van der Waals surface area contributed by atoms with Gasteiger partial charge in [0.1, 0.15) is 29.1 Å². The topological polar surface area (TPSA) is 119 Å². The van der Waals surface area contributed by atoms with E-state index in [1.54, 1.807) is 13.0 Å². The first-order valence-corrected chi connectivity index (χ1v) is 9.62. The van der Waals surface area contributed by atoms with Gasteiger partial charge in [0, 0.05) is 12.0 Å². The molecule has 2 atom stereocenters. The van der Waals surface area contributed by atoms with Gasteiger partial charge in [-0.15, -0.1) is 0 Å². The smallest absolute Gasteiger partial charge is 0.257 e. The van der Waals surface area contributed by atoms with Crippen LogP contribution in [0.4, 0.5) is 16.0 Å². The number of nitrogen functional groups attached to an aromatic ring is 1. The SMILES string of the molecule is C=N/C(OC(C)C)=C(\C=C/C)Nc1nc2c(C(=O)N[C@H]3C[C@H]3F)cnn2c(N)c1C. The predicted octanol–water partition coefficient (Wildman–Crippen LogP) is 2.74. The van der Waals surface area contributed by atoms with Gasteiger partial charge < -0.3 is 21.1 Å². The Morgan fingerprint density at radius 2 is 2.23 bits per heavy atom. The minimum Gasteiger partial charge on any atom is -0.473 e. The lowest BCUT2D eigenvalue weighted by Gasteiger charge is -2.16. The normalized spacial score (nSPS) is 19.1. The second-order valence-electron chi connectivity index (χ2n) is 7.26. The molecule has 0 radical (unpaired) electrons. The Hall–Kier alpha value is -3.43. The monoisotopic (exact) mass is 415 g/mol. The minimum absolute atomic E-state index is 0.110. The summed E-state index contributed by atoms with van der Waals surface area (Å²) in [6.07, 6.45) is 4.15. The summed E-state index contributed by atoms with van der Waals surface area (Å²) in [5.74, 6) is 0.578. The Kier molecular flexibility index (Phi) is 6.04. The van der Waals surface area contributed by atoms with E-state index in [2.05, 4.69) is 32.4 Å². The van der Waals surface area contributed by atoms with E-state index in [9.17, 15) is 9.18 Å². The zero-order chi connectivity index (χ0) is 22.0. The fraction of sp³-hybridized carbons (Fsp3) is 0.400. The van der Waals surface area contributed by atoms with E-state index in [0.717, 1.165) is 0 Å². The van der Waals surface area contributed by atoms with Crippen LogP contribution in [0.3, 0.4) is 0 Å². The predicted molar refractivity (Wildman–Crippen MR) is 114 cm³/mol. The molecular weight excluding hydrogens is 389 g/mol. The second-order valence-corrected chi connectivity index (χ2v) is 7.26. The first-order chi connectivity index (χ1) is 14.3. The Bertz CT molecular complexity index is 1040. The molecule has 0 saturated heterocycles. The number of halogens is 1. The molecule has 3 rings (SSSR count). The van der Waals surface area contributed by atoms with E-state index in [0.29, 0.717) is 35.2 Å². The van der Waals surface area contributed by atoms with E-state index < -0.39 is 18.1 Å². The number of allylic oxidation sites excluding steroid dienone is 2. The molecule has 2 aromatic rings. The molecule has 1 amide bonds. The number of carbonyl (C=O) groups excluding carboxylic acids is 1. The van der Waals surface area contributed by atoms with E-state index in [1.165, 1.54) is 10.7 Å². The van der Waals surface area contributed by atoms with Crippen LogP contribution in [-0.4, -0.2) is 45.5 Å². The van der Waals surface area contributed by atoms with Crippen LogP contribution < -0.4 is 16.4 Å². The van der Waals surface area contributed by atoms with Crippen molar-refractivity contribution in [2.75, 3.05) is 11.1 Å². The number of nitrogens with one attached hydrogen (secondary N) is 2. The summed E-state index contributed by atoms with van der Waals surface area (Å²) < 4.78 is 20.3. The zero-order valence-corrected chi connectivity index (χ0v) is 17.4. The van der Waals surface area contributed by atoms with Crippen LogP contribution >= 0.6 is 0 Å². The molecule has 1 fully saturated rings. The lowest BCUT2D eigenvalue weighted by Crippen LogP contribution is -2.27. The van der Waals surface area contributed by atoms with Crippen molar-refractivity contribution in [3.8, 4) is 0 Å². The fourth-order valence-corrected chi connectivity index (χ4v) is 2.81. The van der Waals surface area contributed by atoms with Gasteiger partial charge in [-0.3, -0.25) is 4.79 Å². The summed E-state index contributed by atoms with van der Waals surface area (Å²) in [4.78, 5) is 21.0. The quantitative estimate of drug-likeness (QED) is 0.347. The molecule has 9 nitrogen and oxygen atoms in total. The Morgan fingerprint density at radius 3 is 2.80 bits per heavy atom. The van der Waals surface area contributed by atoms with Crippen molar-refractivity contribution in [1.29, 1.82) is 0 Å². The highest BCUT2D eigenvalue weighted by molar-refractivity contribution is 6.00. The molecule has 1 aliphatic rings. The minimum atomic E-state index is -1.01. The molecule has 0 aromatic carbocycles. The first-order valence-electron chi connectivity index (χ1n) is 9.62. The van der Waals surface area contributed by atoms with Gasteiger partial charge in [-0.05, 0) is 40.5 Å². The molecule has 1 aliphatic carbocycles. The van der Waals surface area contributed by atoms with Crippen molar-refractivity contribution in [2.45, 2.75) is 52.4 Å². The number of hydrogen-bond donors (Lipinski definition) is 3. The molecule has 2 heterocycles. The average Bonchev–Trinajstić information content (AvgIpc) is 3.21. The summed E-state index contributed by atoms with van der Waals surface area (Å²) in [5.41, 5.74) is 7.86. The van der Waals surface area contributed by atoms with Crippen molar-refractivity contribution in [3.05, 3.63) is 41.1 Å². The van der Waals surface area contributed by atoms with Crippen LogP contribution in [0.15, 0.2) is 34.9 Å². The lowest BCUT2D eigenvalue weighted by molar-refractivity contribution is 0.0949. The third-order valence-corrected chi connectivity index (χ3v) is 4.51. The maximum absolute atomic E-state index is 13.2. The van der Waals surface area contributed by atoms with Crippen LogP contribution in [0.1, 0.15) is 43.1 Å². The highest BCUT2D eigenvalue weighted by Crippen LogP contribution is 2.27. The molecule has 30 heavy (non-hydrogen) atoms. The van der Waals surface area contributed by atoms with Gasteiger partial charge in [-0.2, -0.15) is 9.61 Å². The molecule has 1 saturated carbocycles. The third kappa shape index (κ3) is 4.27. The molecule has 160 valence electrons. The van der Waals surface area contributed by atoms with Gasteiger partial charge in [0.2, 0.25) is 5.88 Å². The first kappa shape index (κ1) is 21.3. The number of carbonyl (C=O) groups is 1. The van der Waals surface area contributed by atoms with Crippen LogP contribution in [0.5, 0.6) is 0 Å². The van der Waals surface area contributed by atoms with Crippen molar-refractivity contribution in [1.82, 2.24) is 19.9 Å². The number of aliphatic imine (C=N–C) groups is 1. The lowest BCUT2D eigenvalue weighted by atomic mass is 10.2. The molecule has 4 N–H and O–H groups in total. The van der Waals surface area contributed by atoms with Crippen LogP contribution in [0, 0.1) is 6.92 Å². The van der Waals surface area contributed by atoms with Crippen molar-refractivity contribution in [2.24, 2.45) is 4.99 Å². The number of rotatable bonds is 8. The standard InChI is InChI=1S/C20H26FN7O2/c1-6-7-14(20(23-5)30-10(2)3)25-17-11(4)16(22)28-18(27-17)12(9-24-28)19(29)26-15-8-13(15)21/h6-7,9-10,13,15H,5,8,22H2,1-4H3,(H,25,27)(H,26,29)/b7-6-,20-14-/t13-,15+/m1/s1. The molecule has 10 heteroatoms. The number of fused-ring (bicyclic) bond motifs is 1. The van der Waals surface area contributed by atoms with Gasteiger partial charge in [-0.1, -0.05) is 6.08 Å². The average molecular weight is 415 g/mol. The summed E-state index contributed by atoms with van der Waals surface area (Å²) >= 11 is 0. The summed E-state index contributed by atoms with van der Waals surface area (Å²) in [5, 5.41) is 9.95. The van der Waals surface area contributed by atoms with Gasteiger partial charge in [0.15, 0.2) is 5.65 Å². The van der Waals surface area contributed by atoms with Gasteiger partial charge in [-0.25, -0.2) is 14.4 Å². The highest BCUT2D eigenvalue weighted by atomic mass is 19.1. The van der Waals surface area contributed by atoms with Crippen molar-refractivity contribution in [3.63, 3.8) is 0 Å². The van der Waals surface area contributed by atoms with Crippen LogP contribution in [-0.2, 0) is 4.74 Å². The van der Waals surface area contributed by atoms with Crippen molar-refractivity contribution >= 4 is 29.9 Å². The Labute approximate surface area is 173 Å². The summed E-state index contributed by atoms with van der Waals surface area (Å²) in [6.45, 7) is 11.0. The number of amides is 1. The maximum Gasteiger partial charge on any atom is 0.257 e. The zero-order valence-electron chi connectivity index (χ0n) is 17.4. The van der Waals surface area contributed by atoms with E-state index >= 15 is 0 Å². The molecule has 0 spiro atoms. The number of anilines is 2. The Balaban J connectivity index is 2.03. The summed E-state index contributed by atoms with van der Waals surface area (Å²) in [6, 6.07) is -0.466. The fourth-order valence-electron chi connectivity index (χ4n) is 2.81. The van der Waals surface area contributed by atoms with E-state index in [4.69, 9.17) is 10.5 Å². The number of alkyl halides is 1. The highest BCUT2D eigenvalue weighted by Gasteiger charge is 2.39. The van der Waals surface area contributed by atoms with Gasteiger partial charge >= 0.3 is 0 Å². The second kappa shape index (κ2) is 8.52. The number of ether oxygens (including phenoxy) is 1. The summed E-state index contributed by atoms with van der Waals surface area (Å²) in [7, 11) is 0. The van der Waals surface area contributed by atoms with Gasteiger partial charge in [0.05, 0.1) is 18.3 Å². The molecule has 2 aromatic heterocycles. The number of aromatic nitrogens is 3. The molecular formula is C20H26FN7O2. The largest absolute Gasteiger partial charge is 0.473 e. The van der Waals surface area contributed by atoms with E-state index in [1.807, 2.05) is 26.8 Å². The third-order valence-electron chi connectivity index (χ3n) is 4.51. The number of nitrogens with two attached hydrogens (primary N) is 1.